The van der Waals surface area contributed by atoms with Crippen LogP contribution >= 0.6 is 11.3 Å². The fraction of sp³-hybridized carbons (Fsp3) is 0.280. The Bertz CT molecular complexity index is 1200. The van der Waals surface area contributed by atoms with Gasteiger partial charge in [0.2, 0.25) is 11.8 Å². The first-order chi connectivity index (χ1) is 15.6. The molecule has 2 aliphatic rings. The predicted octanol–water partition coefficient (Wildman–Crippen LogP) is 3.88. The van der Waals surface area contributed by atoms with Crippen molar-refractivity contribution in [1.82, 2.24) is 9.88 Å². The molecule has 1 aliphatic carbocycles. The van der Waals surface area contributed by atoms with Crippen molar-refractivity contribution in [3.63, 3.8) is 0 Å². The number of carbonyl (C=O) groups excluding carboxylic acids is 2. The summed E-state index contributed by atoms with van der Waals surface area (Å²) < 4.78 is 0. The molecule has 3 aromatic rings. The maximum atomic E-state index is 12.8. The molecule has 0 radical (unpaired) electrons. The van der Waals surface area contributed by atoms with Crippen molar-refractivity contribution in [1.29, 1.82) is 5.26 Å². The van der Waals surface area contributed by atoms with Crippen LogP contribution in [0.1, 0.15) is 39.5 Å². The third-order valence-corrected chi connectivity index (χ3v) is 7.32. The highest BCUT2D eigenvalue weighted by molar-refractivity contribution is 7.16. The molecule has 160 valence electrons. The fourth-order valence-electron chi connectivity index (χ4n) is 4.37. The summed E-state index contributed by atoms with van der Waals surface area (Å²) in [6.07, 6.45) is 5.17. The zero-order chi connectivity index (χ0) is 22.1. The van der Waals surface area contributed by atoms with Crippen LogP contribution in [0.4, 0.5) is 5.00 Å². The lowest BCUT2D eigenvalue weighted by Gasteiger charge is -2.27. The van der Waals surface area contributed by atoms with Gasteiger partial charge in [-0.1, -0.05) is 36.4 Å². The van der Waals surface area contributed by atoms with E-state index in [4.69, 9.17) is 0 Å². The molecule has 1 saturated carbocycles. The molecule has 0 spiro atoms. The Balaban J connectivity index is 1.27. The van der Waals surface area contributed by atoms with Crippen LogP contribution in [0.25, 0.3) is 0 Å². The van der Waals surface area contributed by atoms with Crippen molar-refractivity contribution < 1.29 is 9.59 Å². The molecule has 0 unspecified atom stereocenters. The first-order valence-electron chi connectivity index (χ1n) is 10.7. The van der Waals surface area contributed by atoms with E-state index in [0.29, 0.717) is 36.5 Å². The first-order valence-corrected chi connectivity index (χ1v) is 11.5. The van der Waals surface area contributed by atoms with Gasteiger partial charge < -0.3 is 10.2 Å². The maximum absolute atomic E-state index is 12.8. The third-order valence-electron chi connectivity index (χ3n) is 6.19. The fourth-order valence-corrected chi connectivity index (χ4v) is 5.59. The van der Waals surface area contributed by atoms with Crippen LogP contribution in [0, 0.1) is 17.2 Å². The van der Waals surface area contributed by atoms with Gasteiger partial charge in [-0.05, 0) is 41.5 Å². The molecule has 1 N–H and O–H groups in total. The highest BCUT2D eigenvalue weighted by Gasteiger charge is 2.44. The van der Waals surface area contributed by atoms with Gasteiger partial charge in [0, 0.05) is 29.7 Å². The van der Waals surface area contributed by atoms with Gasteiger partial charge in [0.05, 0.1) is 18.5 Å². The standard InChI is InChI=1S/C25H22N4O2S/c26-13-21-18-8-10-29(23(30)11-16-5-4-9-27-14-16)15-22(18)32-25(21)28-24(31)20-12-19(20)17-6-2-1-3-7-17/h1-7,9,14,19-20H,8,10-12,15H2,(H,28,31)/t19-,20-/m1/s1. The quantitative estimate of drug-likeness (QED) is 0.650. The number of anilines is 1. The van der Waals surface area contributed by atoms with E-state index in [-0.39, 0.29) is 23.7 Å². The molecule has 5 rings (SSSR count). The second-order valence-corrected chi connectivity index (χ2v) is 9.38. The van der Waals surface area contributed by atoms with E-state index in [0.717, 1.165) is 22.4 Å². The van der Waals surface area contributed by atoms with Gasteiger partial charge in [-0.2, -0.15) is 5.26 Å². The Hall–Kier alpha value is -3.50. The molecule has 0 bridgehead atoms. The normalized spacial score (nSPS) is 19.0. The number of rotatable bonds is 5. The van der Waals surface area contributed by atoms with Crippen molar-refractivity contribution in [2.24, 2.45) is 5.92 Å². The summed E-state index contributed by atoms with van der Waals surface area (Å²) >= 11 is 1.42. The molecule has 2 aromatic heterocycles. The van der Waals surface area contributed by atoms with Crippen LogP contribution in [0.2, 0.25) is 0 Å². The smallest absolute Gasteiger partial charge is 0.228 e. The molecule has 1 aromatic carbocycles. The van der Waals surface area contributed by atoms with Crippen LogP contribution in [0.5, 0.6) is 0 Å². The molecule has 1 fully saturated rings. The number of benzene rings is 1. The average Bonchev–Trinajstić information content (AvgIpc) is 3.56. The van der Waals surface area contributed by atoms with Gasteiger partial charge in [0.15, 0.2) is 0 Å². The molecule has 0 saturated heterocycles. The van der Waals surface area contributed by atoms with Gasteiger partial charge in [-0.25, -0.2) is 0 Å². The van der Waals surface area contributed by atoms with Crippen LogP contribution in [-0.2, 0) is 29.0 Å². The molecule has 32 heavy (non-hydrogen) atoms. The third kappa shape index (κ3) is 4.02. The highest BCUT2D eigenvalue weighted by atomic mass is 32.1. The summed E-state index contributed by atoms with van der Waals surface area (Å²) in [7, 11) is 0. The number of aromatic nitrogens is 1. The van der Waals surface area contributed by atoms with Gasteiger partial charge in [-0.15, -0.1) is 11.3 Å². The number of hydrogen-bond acceptors (Lipinski definition) is 5. The second-order valence-electron chi connectivity index (χ2n) is 8.27. The summed E-state index contributed by atoms with van der Waals surface area (Å²) in [6, 6.07) is 16.1. The molecule has 7 heteroatoms. The minimum atomic E-state index is -0.0550. The average molecular weight is 443 g/mol. The van der Waals surface area contributed by atoms with E-state index < -0.39 is 0 Å². The molecular formula is C25H22N4O2S. The van der Waals surface area contributed by atoms with E-state index in [1.54, 1.807) is 12.4 Å². The Kier molecular flexibility index (Phi) is 5.46. The van der Waals surface area contributed by atoms with E-state index in [9.17, 15) is 14.9 Å². The Labute approximate surface area is 190 Å². The topological polar surface area (TPSA) is 86.1 Å². The monoisotopic (exact) mass is 442 g/mol. The van der Waals surface area contributed by atoms with Crippen molar-refractivity contribution in [2.75, 3.05) is 11.9 Å². The molecule has 2 atom stereocenters. The van der Waals surface area contributed by atoms with E-state index in [1.807, 2.05) is 35.2 Å². The van der Waals surface area contributed by atoms with E-state index >= 15 is 0 Å². The number of nitrogens with one attached hydrogen (secondary N) is 1. The minimum Gasteiger partial charge on any atom is -0.337 e. The Morgan fingerprint density at radius 3 is 2.81 bits per heavy atom. The SMILES string of the molecule is N#Cc1c(NC(=O)[C@@H]2C[C@@H]2c2ccccc2)sc2c1CCN(C(=O)Cc1cccnc1)C2. The predicted molar refractivity (Wildman–Crippen MR) is 122 cm³/mol. The second kappa shape index (κ2) is 8.56. The number of nitriles is 1. The lowest BCUT2D eigenvalue weighted by Crippen LogP contribution is -2.36. The molecular weight excluding hydrogens is 420 g/mol. The Morgan fingerprint density at radius 1 is 1.22 bits per heavy atom. The summed E-state index contributed by atoms with van der Waals surface area (Å²) in [5.41, 5.74) is 3.59. The number of amides is 2. The van der Waals surface area contributed by atoms with Gasteiger partial charge >= 0.3 is 0 Å². The number of carbonyl (C=O) groups is 2. The number of hydrogen-bond donors (Lipinski definition) is 1. The maximum Gasteiger partial charge on any atom is 0.228 e. The van der Waals surface area contributed by atoms with Gasteiger partial charge in [-0.3, -0.25) is 14.6 Å². The number of pyridine rings is 1. The zero-order valence-electron chi connectivity index (χ0n) is 17.5. The van der Waals surface area contributed by atoms with Gasteiger partial charge in [0.25, 0.3) is 0 Å². The lowest BCUT2D eigenvalue weighted by atomic mass is 10.0. The molecule has 2 amide bonds. The van der Waals surface area contributed by atoms with E-state index in [2.05, 4.69) is 28.5 Å². The largest absolute Gasteiger partial charge is 0.337 e. The van der Waals surface area contributed by atoms with Crippen LogP contribution in [0.3, 0.4) is 0 Å². The number of thiophene rings is 1. The Morgan fingerprint density at radius 2 is 2.06 bits per heavy atom. The summed E-state index contributed by atoms with van der Waals surface area (Å²) in [5, 5.41) is 13.4. The van der Waals surface area contributed by atoms with Crippen molar-refractivity contribution in [3.05, 3.63) is 82.0 Å². The summed E-state index contributed by atoms with van der Waals surface area (Å²) in [5.74, 6) is 0.209. The van der Waals surface area contributed by atoms with Gasteiger partial charge in [0.1, 0.15) is 11.1 Å². The van der Waals surface area contributed by atoms with Crippen molar-refractivity contribution in [2.45, 2.75) is 31.7 Å². The summed E-state index contributed by atoms with van der Waals surface area (Å²) in [6.45, 7) is 1.04. The minimum absolute atomic E-state index is 0.0292. The first kappa shape index (κ1) is 20.4. The zero-order valence-corrected chi connectivity index (χ0v) is 18.3. The highest BCUT2D eigenvalue weighted by Crippen LogP contribution is 2.48. The molecule has 1 aliphatic heterocycles. The molecule has 3 heterocycles. The summed E-state index contributed by atoms with van der Waals surface area (Å²) in [4.78, 5) is 32.5. The number of nitrogens with zero attached hydrogens (tertiary/aromatic N) is 3. The van der Waals surface area contributed by atoms with Crippen molar-refractivity contribution in [3.8, 4) is 6.07 Å². The lowest BCUT2D eigenvalue weighted by molar-refractivity contribution is -0.131. The van der Waals surface area contributed by atoms with Crippen molar-refractivity contribution >= 4 is 28.2 Å². The van der Waals surface area contributed by atoms with E-state index in [1.165, 1.54) is 16.9 Å². The molecule has 6 nitrogen and oxygen atoms in total. The van der Waals surface area contributed by atoms with Crippen LogP contribution in [0.15, 0.2) is 54.9 Å². The van der Waals surface area contributed by atoms with Crippen LogP contribution < -0.4 is 5.32 Å². The van der Waals surface area contributed by atoms with Crippen LogP contribution in [-0.4, -0.2) is 28.2 Å². The number of fused-ring (bicyclic) bond motifs is 1.